The first-order valence-corrected chi connectivity index (χ1v) is 10.3. The molecule has 0 saturated carbocycles. The summed E-state index contributed by atoms with van der Waals surface area (Å²) in [7, 11) is 0. The fraction of sp³-hybridized carbons (Fsp3) is 0.300. The maximum Gasteiger partial charge on any atom is 0.193 e. The zero-order valence-electron chi connectivity index (χ0n) is 16.5. The lowest BCUT2D eigenvalue weighted by molar-refractivity contribution is -0.117. The van der Waals surface area contributed by atoms with Crippen LogP contribution in [0.5, 0.6) is 0 Å². The number of carbonyl (C=O) groups is 1. The monoisotopic (exact) mass is 443 g/mol. The summed E-state index contributed by atoms with van der Waals surface area (Å²) in [4.78, 5) is 22.9. The van der Waals surface area contributed by atoms with Crippen LogP contribution in [0.4, 0.5) is 0 Å². The first-order chi connectivity index (χ1) is 14.5. The summed E-state index contributed by atoms with van der Waals surface area (Å²) in [5.74, 6) is 0.648. The Balaban J connectivity index is 1.57. The van der Waals surface area contributed by atoms with Crippen LogP contribution in [0.15, 0.2) is 36.9 Å². The number of hydrogen-bond donors (Lipinski definition) is 0. The summed E-state index contributed by atoms with van der Waals surface area (Å²) in [6, 6.07) is 3.43. The fourth-order valence-electron chi connectivity index (χ4n) is 3.36. The van der Waals surface area contributed by atoms with Crippen molar-refractivity contribution in [3.8, 4) is 5.82 Å². The number of rotatable bonds is 7. The van der Waals surface area contributed by atoms with Crippen molar-refractivity contribution < 1.29 is 4.79 Å². The first-order valence-electron chi connectivity index (χ1n) is 9.52. The van der Waals surface area contributed by atoms with Crippen molar-refractivity contribution in [1.29, 1.82) is 0 Å². The van der Waals surface area contributed by atoms with E-state index in [9.17, 15) is 4.79 Å². The zero-order valence-corrected chi connectivity index (χ0v) is 18.0. The van der Waals surface area contributed by atoms with E-state index >= 15 is 0 Å². The summed E-state index contributed by atoms with van der Waals surface area (Å²) in [5.41, 5.74) is 3.20. The van der Waals surface area contributed by atoms with Gasteiger partial charge in [-0.1, -0.05) is 37.0 Å². The summed E-state index contributed by atoms with van der Waals surface area (Å²) in [5, 5.41) is 13.1. The standard InChI is InChI=1S/C20H19Cl2N7O/c1-3-12(2)19-14(11-23-18-9-17(22)27-28(18)19)8-15(30)6-13-7-16(21)20(24-10-13)29-25-4-5-26-29/h4-5,7,9-12H,3,6,8H2,1-2H3/t12-/m1/s1. The van der Waals surface area contributed by atoms with Crippen LogP contribution in [0, 0.1) is 0 Å². The molecule has 0 aliphatic heterocycles. The van der Waals surface area contributed by atoms with E-state index in [1.54, 1.807) is 41.4 Å². The molecule has 4 rings (SSSR count). The van der Waals surface area contributed by atoms with Crippen LogP contribution in [0.1, 0.15) is 43.0 Å². The molecule has 0 radical (unpaired) electrons. The quantitative estimate of drug-likeness (QED) is 0.430. The third-order valence-corrected chi connectivity index (χ3v) is 5.39. The largest absolute Gasteiger partial charge is 0.299 e. The molecule has 154 valence electrons. The smallest absolute Gasteiger partial charge is 0.193 e. The van der Waals surface area contributed by atoms with Crippen LogP contribution < -0.4 is 0 Å². The molecule has 10 heteroatoms. The Bertz CT molecular complexity index is 1200. The second-order valence-corrected chi connectivity index (χ2v) is 7.87. The van der Waals surface area contributed by atoms with Gasteiger partial charge in [-0.05, 0) is 29.5 Å². The second kappa shape index (κ2) is 8.49. The van der Waals surface area contributed by atoms with E-state index in [1.165, 1.54) is 4.80 Å². The highest BCUT2D eigenvalue weighted by atomic mass is 35.5. The number of fused-ring (bicyclic) bond motifs is 1. The molecule has 0 aliphatic carbocycles. The molecule has 0 aromatic carbocycles. The SMILES string of the molecule is CC[C@@H](C)c1c(CC(=O)Cc2cnc(-n3nccn3)c(Cl)c2)cnc2cc(Cl)nn12. The molecule has 0 aliphatic rings. The average molecular weight is 444 g/mol. The molecule has 8 nitrogen and oxygen atoms in total. The lowest BCUT2D eigenvalue weighted by Gasteiger charge is -2.16. The highest BCUT2D eigenvalue weighted by Gasteiger charge is 2.19. The summed E-state index contributed by atoms with van der Waals surface area (Å²) in [6.07, 6.45) is 7.79. The molecule has 4 aromatic heterocycles. The molecule has 0 unspecified atom stereocenters. The van der Waals surface area contributed by atoms with Crippen LogP contribution >= 0.6 is 23.2 Å². The topological polar surface area (TPSA) is 90.9 Å². The van der Waals surface area contributed by atoms with Gasteiger partial charge in [0, 0.05) is 31.3 Å². The minimum absolute atomic E-state index is 0.0294. The van der Waals surface area contributed by atoms with Gasteiger partial charge in [-0.25, -0.2) is 14.5 Å². The lowest BCUT2D eigenvalue weighted by Crippen LogP contribution is -2.14. The molecule has 4 heterocycles. The number of hydrogen-bond acceptors (Lipinski definition) is 6. The van der Waals surface area contributed by atoms with Gasteiger partial charge >= 0.3 is 0 Å². The fourth-order valence-corrected chi connectivity index (χ4v) is 3.79. The van der Waals surface area contributed by atoms with Gasteiger partial charge in [-0.2, -0.15) is 15.3 Å². The summed E-state index contributed by atoms with van der Waals surface area (Å²) in [6.45, 7) is 4.20. The van der Waals surface area contributed by atoms with E-state index in [0.717, 1.165) is 23.2 Å². The molecular formula is C20H19Cl2N7O. The van der Waals surface area contributed by atoms with Crippen molar-refractivity contribution in [2.24, 2.45) is 0 Å². The Morgan fingerprint density at radius 3 is 2.57 bits per heavy atom. The number of carbonyl (C=O) groups excluding carboxylic acids is 1. The van der Waals surface area contributed by atoms with Crippen LogP contribution in [-0.2, 0) is 17.6 Å². The number of ketones is 1. The summed E-state index contributed by atoms with van der Waals surface area (Å²) < 4.78 is 1.74. The molecule has 0 bridgehead atoms. The van der Waals surface area contributed by atoms with Gasteiger partial charge in [-0.3, -0.25) is 4.79 Å². The Labute approximate surface area is 182 Å². The van der Waals surface area contributed by atoms with Gasteiger partial charge in [-0.15, -0.1) is 4.80 Å². The number of nitrogens with zero attached hydrogens (tertiary/aromatic N) is 7. The molecule has 0 N–H and O–H groups in total. The van der Waals surface area contributed by atoms with E-state index in [4.69, 9.17) is 23.2 Å². The highest BCUT2D eigenvalue weighted by Crippen LogP contribution is 2.25. The van der Waals surface area contributed by atoms with E-state index in [1.807, 2.05) is 0 Å². The molecular weight excluding hydrogens is 425 g/mol. The number of Topliss-reactive ketones (excluding diaryl/α,β-unsaturated/α-hetero) is 1. The Morgan fingerprint density at radius 1 is 1.10 bits per heavy atom. The van der Waals surface area contributed by atoms with Crippen molar-refractivity contribution in [2.45, 2.75) is 39.0 Å². The third kappa shape index (κ3) is 4.06. The van der Waals surface area contributed by atoms with E-state index < -0.39 is 0 Å². The minimum Gasteiger partial charge on any atom is -0.299 e. The van der Waals surface area contributed by atoms with Crippen molar-refractivity contribution in [1.82, 2.24) is 34.6 Å². The van der Waals surface area contributed by atoms with Crippen LogP contribution in [0.25, 0.3) is 11.5 Å². The van der Waals surface area contributed by atoms with Gasteiger partial charge in [0.2, 0.25) is 0 Å². The second-order valence-electron chi connectivity index (χ2n) is 7.07. The summed E-state index contributed by atoms with van der Waals surface area (Å²) >= 11 is 12.4. The molecule has 0 spiro atoms. The molecule has 4 aromatic rings. The maximum absolute atomic E-state index is 12.8. The van der Waals surface area contributed by atoms with Crippen molar-refractivity contribution in [2.75, 3.05) is 0 Å². The van der Waals surface area contributed by atoms with Crippen LogP contribution in [0.2, 0.25) is 10.2 Å². The molecule has 1 atom stereocenters. The molecule has 0 fully saturated rings. The van der Waals surface area contributed by atoms with Gasteiger partial charge < -0.3 is 0 Å². The first kappa shape index (κ1) is 20.4. The maximum atomic E-state index is 12.8. The predicted molar refractivity (Wildman–Crippen MR) is 113 cm³/mol. The molecule has 0 saturated heterocycles. The average Bonchev–Trinajstić information content (AvgIpc) is 3.36. The van der Waals surface area contributed by atoms with Crippen molar-refractivity contribution in [3.63, 3.8) is 0 Å². The zero-order chi connectivity index (χ0) is 21.3. The van der Waals surface area contributed by atoms with Crippen molar-refractivity contribution in [3.05, 3.63) is 63.9 Å². The van der Waals surface area contributed by atoms with E-state index in [0.29, 0.717) is 21.6 Å². The number of pyridine rings is 1. The van der Waals surface area contributed by atoms with Crippen molar-refractivity contribution >= 4 is 34.6 Å². The minimum atomic E-state index is 0.0294. The van der Waals surface area contributed by atoms with Gasteiger partial charge in [0.1, 0.15) is 5.78 Å². The van der Waals surface area contributed by atoms with Gasteiger partial charge in [0.05, 0.1) is 23.1 Å². The highest BCUT2D eigenvalue weighted by molar-refractivity contribution is 6.32. The number of aromatic nitrogens is 7. The van der Waals surface area contributed by atoms with Crippen LogP contribution in [0.3, 0.4) is 0 Å². The van der Waals surface area contributed by atoms with E-state index in [-0.39, 0.29) is 24.5 Å². The number of halogens is 2. The molecule has 30 heavy (non-hydrogen) atoms. The Kier molecular flexibility index (Phi) is 5.78. The van der Waals surface area contributed by atoms with E-state index in [2.05, 4.69) is 39.1 Å². The Hall–Kier alpha value is -2.84. The predicted octanol–water partition coefficient (Wildman–Crippen LogP) is 3.88. The van der Waals surface area contributed by atoms with Crippen LogP contribution in [-0.4, -0.2) is 40.4 Å². The lowest BCUT2D eigenvalue weighted by atomic mass is 9.96. The normalized spacial score (nSPS) is 12.4. The third-order valence-electron chi connectivity index (χ3n) is 4.93. The van der Waals surface area contributed by atoms with Gasteiger partial charge in [0.25, 0.3) is 0 Å². The Morgan fingerprint density at radius 2 is 1.87 bits per heavy atom. The van der Waals surface area contributed by atoms with Gasteiger partial charge in [0.15, 0.2) is 16.6 Å². The molecule has 0 amide bonds.